The van der Waals surface area contributed by atoms with Gasteiger partial charge in [0.2, 0.25) is 0 Å². The molecule has 4 heterocycles. The van der Waals surface area contributed by atoms with E-state index < -0.39 is 0 Å². The van der Waals surface area contributed by atoms with Crippen LogP contribution in [-0.2, 0) is 4.74 Å². The number of aryl methyl sites for hydroxylation is 1. The molecule has 1 fully saturated rings. The zero-order valence-electron chi connectivity index (χ0n) is 11.8. The number of furan rings is 1. The molecule has 0 atom stereocenters. The molecule has 3 aromatic heterocycles. The third-order valence-corrected chi connectivity index (χ3v) is 3.82. The van der Waals surface area contributed by atoms with Gasteiger partial charge in [-0.25, -0.2) is 9.97 Å². The molecule has 1 aliphatic heterocycles. The van der Waals surface area contributed by atoms with Crippen molar-refractivity contribution < 1.29 is 9.15 Å². The summed E-state index contributed by atoms with van der Waals surface area (Å²) in [4.78, 5) is 9.03. The molecule has 4 rings (SSSR count). The number of hydrogen-bond acceptors (Lipinski definition) is 5. The van der Waals surface area contributed by atoms with Gasteiger partial charge in [-0.2, -0.15) is 4.52 Å². The van der Waals surface area contributed by atoms with Crippen molar-refractivity contribution in [3.05, 3.63) is 36.0 Å². The molecule has 0 aromatic carbocycles. The summed E-state index contributed by atoms with van der Waals surface area (Å²) in [7, 11) is 0. The van der Waals surface area contributed by atoms with Gasteiger partial charge >= 0.3 is 0 Å². The number of hydrogen-bond donors (Lipinski definition) is 0. The van der Waals surface area contributed by atoms with E-state index in [0.717, 1.165) is 43.3 Å². The van der Waals surface area contributed by atoms with Crippen LogP contribution in [0.4, 0.5) is 0 Å². The van der Waals surface area contributed by atoms with Crippen molar-refractivity contribution in [3.63, 3.8) is 0 Å². The Morgan fingerprint density at radius 1 is 1.19 bits per heavy atom. The summed E-state index contributed by atoms with van der Waals surface area (Å²) in [5.74, 6) is 3.49. The Morgan fingerprint density at radius 2 is 2.05 bits per heavy atom. The number of fused-ring (bicyclic) bond motifs is 1. The molecule has 6 nitrogen and oxygen atoms in total. The first-order valence-electron chi connectivity index (χ1n) is 7.17. The summed E-state index contributed by atoms with van der Waals surface area (Å²) < 4.78 is 12.8. The van der Waals surface area contributed by atoms with E-state index in [1.165, 1.54) is 0 Å². The van der Waals surface area contributed by atoms with E-state index in [2.05, 4.69) is 15.1 Å². The first kappa shape index (κ1) is 12.5. The Morgan fingerprint density at radius 3 is 2.81 bits per heavy atom. The summed E-state index contributed by atoms with van der Waals surface area (Å²) >= 11 is 0. The van der Waals surface area contributed by atoms with Gasteiger partial charge in [-0.15, -0.1) is 5.10 Å². The molecule has 3 aromatic rings. The number of aromatic nitrogens is 4. The first-order chi connectivity index (χ1) is 10.3. The molecule has 0 saturated carbocycles. The standard InChI is InChI=1S/C15H16N4O2/c1-10-2-3-12(21-10)15-16-7-4-13-17-14(18-19(13)15)11-5-8-20-9-6-11/h2-4,7,11H,5-6,8-9H2,1H3. The van der Waals surface area contributed by atoms with Crippen LogP contribution in [0.5, 0.6) is 0 Å². The van der Waals surface area contributed by atoms with Crippen molar-refractivity contribution in [2.24, 2.45) is 0 Å². The fourth-order valence-electron chi connectivity index (χ4n) is 2.69. The monoisotopic (exact) mass is 284 g/mol. The highest BCUT2D eigenvalue weighted by atomic mass is 16.5. The minimum atomic E-state index is 0.366. The molecule has 108 valence electrons. The molecule has 0 unspecified atom stereocenters. The normalized spacial score (nSPS) is 16.6. The smallest absolute Gasteiger partial charge is 0.198 e. The molecule has 21 heavy (non-hydrogen) atoms. The fraction of sp³-hybridized carbons (Fsp3) is 0.400. The van der Waals surface area contributed by atoms with Gasteiger partial charge in [0.15, 0.2) is 23.1 Å². The van der Waals surface area contributed by atoms with Crippen LogP contribution in [-0.4, -0.2) is 32.8 Å². The molecule has 6 heteroatoms. The lowest BCUT2D eigenvalue weighted by molar-refractivity contribution is 0.0836. The highest BCUT2D eigenvalue weighted by Crippen LogP contribution is 2.26. The number of ether oxygens (including phenoxy) is 1. The Labute approximate surface area is 121 Å². The van der Waals surface area contributed by atoms with E-state index in [9.17, 15) is 0 Å². The van der Waals surface area contributed by atoms with Crippen LogP contribution < -0.4 is 0 Å². The second-order valence-corrected chi connectivity index (χ2v) is 5.31. The second-order valence-electron chi connectivity index (χ2n) is 5.31. The molecular formula is C15H16N4O2. The molecule has 0 bridgehead atoms. The zero-order valence-corrected chi connectivity index (χ0v) is 11.8. The molecule has 0 amide bonds. The Kier molecular flexibility index (Phi) is 2.96. The lowest BCUT2D eigenvalue weighted by atomic mass is 10.00. The number of nitrogens with zero attached hydrogens (tertiary/aromatic N) is 4. The topological polar surface area (TPSA) is 65.5 Å². The number of rotatable bonds is 2. The highest BCUT2D eigenvalue weighted by molar-refractivity contribution is 5.53. The van der Waals surface area contributed by atoms with Crippen molar-refractivity contribution in [2.45, 2.75) is 25.7 Å². The molecule has 1 saturated heterocycles. The molecule has 0 N–H and O–H groups in total. The van der Waals surface area contributed by atoms with Crippen molar-refractivity contribution in [2.75, 3.05) is 13.2 Å². The van der Waals surface area contributed by atoms with Crippen molar-refractivity contribution >= 4 is 5.65 Å². The highest BCUT2D eigenvalue weighted by Gasteiger charge is 2.21. The van der Waals surface area contributed by atoms with Gasteiger partial charge in [0.05, 0.1) is 0 Å². The van der Waals surface area contributed by atoms with E-state index in [1.807, 2.05) is 25.1 Å². The van der Waals surface area contributed by atoms with Crippen LogP contribution in [0, 0.1) is 6.92 Å². The first-order valence-corrected chi connectivity index (χ1v) is 7.17. The summed E-state index contributed by atoms with van der Waals surface area (Å²) in [6.07, 6.45) is 3.68. The third-order valence-electron chi connectivity index (χ3n) is 3.82. The lowest BCUT2D eigenvalue weighted by Gasteiger charge is -2.18. The predicted molar refractivity (Wildman–Crippen MR) is 76.0 cm³/mol. The zero-order chi connectivity index (χ0) is 14.2. The Bertz CT molecular complexity index is 771. The van der Waals surface area contributed by atoms with Gasteiger partial charge < -0.3 is 9.15 Å². The quantitative estimate of drug-likeness (QED) is 0.723. The van der Waals surface area contributed by atoms with Crippen molar-refractivity contribution in [1.82, 2.24) is 19.6 Å². The van der Waals surface area contributed by atoms with Crippen LogP contribution >= 0.6 is 0 Å². The van der Waals surface area contributed by atoms with Crippen molar-refractivity contribution in [1.29, 1.82) is 0 Å². The summed E-state index contributed by atoms with van der Waals surface area (Å²) in [6, 6.07) is 5.70. The van der Waals surface area contributed by atoms with Crippen molar-refractivity contribution in [3.8, 4) is 11.6 Å². The molecular weight excluding hydrogens is 268 g/mol. The fourth-order valence-corrected chi connectivity index (χ4v) is 2.69. The lowest BCUT2D eigenvalue weighted by Crippen LogP contribution is -2.15. The van der Waals surface area contributed by atoms with E-state index in [1.54, 1.807) is 10.7 Å². The van der Waals surface area contributed by atoms with E-state index in [-0.39, 0.29) is 0 Å². The van der Waals surface area contributed by atoms with E-state index >= 15 is 0 Å². The van der Waals surface area contributed by atoms with E-state index in [4.69, 9.17) is 9.15 Å². The molecule has 0 spiro atoms. The maximum atomic E-state index is 5.66. The minimum absolute atomic E-state index is 0.366. The minimum Gasteiger partial charge on any atom is -0.458 e. The molecule has 0 aliphatic carbocycles. The second kappa shape index (κ2) is 4.96. The maximum Gasteiger partial charge on any atom is 0.198 e. The molecule has 1 aliphatic rings. The Balaban J connectivity index is 1.80. The predicted octanol–water partition coefficient (Wildman–Crippen LogP) is 2.59. The van der Waals surface area contributed by atoms with Gasteiger partial charge in [0.25, 0.3) is 0 Å². The third kappa shape index (κ3) is 2.21. The van der Waals surface area contributed by atoms with Gasteiger partial charge in [-0.3, -0.25) is 0 Å². The van der Waals surface area contributed by atoms with Gasteiger partial charge in [-0.1, -0.05) is 0 Å². The van der Waals surface area contributed by atoms with Crippen LogP contribution in [0.3, 0.4) is 0 Å². The Hall–Kier alpha value is -2.21. The molecule has 0 radical (unpaired) electrons. The van der Waals surface area contributed by atoms with Crippen LogP contribution in [0.1, 0.15) is 30.3 Å². The van der Waals surface area contributed by atoms with Crippen LogP contribution in [0.25, 0.3) is 17.2 Å². The van der Waals surface area contributed by atoms with Gasteiger partial charge in [0.1, 0.15) is 5.76 Å². The van der Waals surface area contributed by atoms with Gasteiger partial charge in [-0.05, 0) is 31.9 Å². The average Bonchev–Trinajstić information content (AvgIpc) is 3.14. The summed E-state index contributed by atoms with van der Waals surface area (Å²) in [6.45, 7) is 3.48. The van der Waals surface area contributed by atoms with Crippen LogP contribution in [0.15, 0.2) is 28.8 Å². The maximum absolute atomic E-state index is 5.66. The summed E-state index contributed by atoms with van der Waals surface area (Å²) in [5.41, 5.74) is 0.801. The largest absolute Gasteiger partial charge is 0.458 e. The van der Waals surface area contributed by atoms with E-state index in [0.29, 0.717) is 17.5 Å². The summed E-state index contributed by atoms with van der Waals surface area (Å²) in [5, 5.41) is 4.65. The SMILES string of the molecule is Cc1ccc(-c2nccc3nc(C4CCOCC4)nn23)o1. The van der Waals surface area contributed by atoms with Gasteiger partial charge in [0, 0.05) is 31.4 Å². The van der Waals surface area contributed by atoms with Crippen LogP contribution in [0.2, 0.25) is 0 Å². The average molecular weight is 284 g/mol.